The van der Waals surface area contributed by atoms with Crippen molar-refractivity contribution in [3.05, 3.63) is 29.8 Å². The Morgan fingerprint density at radius 1 is 1.11 bits per heavy atom. The zero-order valence-corrected chi connectivity index (χ0v) is 10.4. The largest absolute Gasteiger partial charge is 0.478 e. The maximum Gasteiger partial charge on any atom is 0.328 e. The minimum Gasteiger partial charge on any atom is -0.478 e. The van der Waals surface area contributed by atoms with Gasteiger partial charge in [0.1, 0.15) is 0 Å². The van der Waals surface area contributed by atoms with Crippen LogP contribution in [0.2, 0.25) is 0 Å². The van der Waals surface area contributed by atoms with Crippen LogP contribution in [0.4, 0.5) is 0 Å². The Balaban J connectivity index is 3.24. The van der Waals surface area contributed by atoms with Crippen molar-refractivity contribution in [3.8, 4) is 11.5 Å². The van der Waals surface area contributed by atoms with Gasteiger partial charge in [0.15, 0.2) is 11.5 Å². The van der Waals surface area contributed by atoms with E-state index in [0.717, 1.165) is 6.08 Å². The van der Waals surface area contributed by atoms with Crippen molar-refractivity contribution in [3.63, 3.8) is 0 Å². The molecule has 0 amide bonds. The molecule has 0 atom stereocenters. The Morgan fingerprint density at radius 2 is 1.74 bits per heavy atom. The van der Waals surface area contributed by atoms with E-state index >= 15 is 0 Å². The van der Waals surface area contributed by atoms with Gasteiger partial charge in [-0.2, -0.15) is 0 Å². The summed E-state index contributed by atoms with van der Waals surface area (Å²) in [5.74, 6) is -2.28. The van der Waals surface area contributed by atoms with E-state index in [2.05, 4.69) is 0 Å². The number of hydrogen-bond donors (Lipinski definition) is 1. The first-order valence-electron chi connectivity index (χ1n) is 5.31. The summed E-state index contributed by atoms with van der Waals surface area (Å²) >= 11 is 0. The lowest BCUT2D eigenvalue weighted by Gasteiger charge is -2.10. The second kappa shape index (κ2) is 6.34. The summed E-state index contributed by atoms with van der Waals surface area (Å²) in [6.07, 6.45) is 2.13. The van der Waals surface area contributed by atoms with Gasteiger partial charge in [0, 0.05) is 25.5 Å². The monoisotopic (exact) mass is 264 g/mol. The van der Waals surface area contributed by atoms with Crippen LogP contribution >= 0.6 is 0 Å². The van der Waals surface area contributed by atoms with E-state index < -0.39 is 17.9 Å². The van der Waals surface area contributed by atoms with E-state index in [1.165, 1.54) is 32.1 Å². The number of ether oxygens (including phenoxy) is 2. The van der Waals surface area contributed by atoms with Crippen LogP contribution in [-0.4, -0.2) is 23.0 Å². The number of benzene rings is 1. The summed E-state index contributed by atoms with van der Waals surface area (Å²) in [6.45, 7) is 2.40. The van der Waals surface area contributed by atoms with Crippen molar-refractivity contribution in [1.82, 2.24) is 0 Å². The normalized spacial score (nSPS) is 10.2. The van der Waals surface area contributed by atoms with Crippen LogP contribution in [-0.2, 0) is 14.4 Å². The molecule has 0 heterocycles. The summed E-state index contributed by atoms with van der Waals surface area (Å²) in [5, 5.41) is 8.58. The molecule has 0 aromatic heterocycles. The molecule has 0 bridgehead atoms. The third-order valence-corrected chi connectivity index (χ3v) is 1.91. The molecule has 0 spiro atoms. The number of aliphatic carboxylic acids is 1. The minimum atomic E-state index is -1.15. The molecule has 100 valence electrons. The fourth-order valence-electron chi connectivity index (χ4n) is 1.31. The first-order chi connectivity index (χ1) is 8.90. The summed E-state index contributed by atoms with van der Waals surface area (Å²) in [7, 11) is 0. The minimum absolute atomic E-state index is 0.00250. The number of carbonyl (C=O) groups is 3. The van der Waals surface area contributed by atoms with Crippen molar-refractivity contribution < 1.29 is 29.0 Å². The molecule has 0 saturated heterocycles. The molecule has 0 saturated carbocycles. The van der Waals surface area contributed by atoms with Crippen LogP contribution in [0.5, 0.6) is 11.5 Å². The average molecular weight is 264 g/mol. The Morgan fingerprint density at radius 3 is 2.26 bits per heavy atom. The molecule has 1 rings (SSSR count). The van der Waals surface area contributed by atoms with E-state index in [1.807, 2.05) is 0 Å². The fraction of sp³-hybridized carbons (Fsp3) is 0.154. The maximum atomic E-state index is 11.0. The highest BCUT2D eigenvalue weighted by Crippen LogP contribution is 2.32. The Hall–Kier alpha value is -2.63. The molecule has 1 aromatic rings. The molecule has 0 radical (unpaired) electrons. The molecule has 0 aliphatic carbocycles. The lowest BCUT2D eigenvalue weighted by molar-refractivity contribution is -0.134. The van der Waals surface area contributed by atoms with Gasteiger partial charge in [-0.3, -0.25) is 9.59 Å². The second-order valence-electron chi connectivity index (χ2n) is 3.53. The topological polar surface area (TPSA) is 89.9 Å². The number of hydrogen-bond acceptors (Lipinski definition) is 5. The van der Waals surface area contributed by atoms with Crippen molar-refractivity contribution >= 4 is 24.0 Å². The van der Waals surface area contributed by atoms with Crippen LogP contribution in [0.25, 0.3) is 6.08 Å². The smallest absolute Gasteiger partial charge is 0.328 e. The zero-order valence-electron chi connectivity index (χ0n) is 10.4. The second-order valence-corrected chi connectivity index (χ2v) is 3.53. The molecule has 1 N–H and O–H groups in total. The van der Waals surface area contributed by atoms with Crippen LogP contribution in [0.3, 0.4) is 0 Å². The number of carboxylic acids is 1. The van der Waals surface area contributed by atoms with Gasteiger partial charge in [-0.1, -0.05) is 12.1 Å². The van der Waals surface area contributed by atoms with E-state index in [-0.39, 0.29) is 11.5 Å². The third kappa shape index (κ3) is 4.63. The van der Waals surface area contributed by atoms with E-state index in [1.54, 1.807) is 6.07 Å². The highest BCUT2D eigenvalue weighted by atomic mass is 16.6. The van der Waals surface area contributed by atoms with E-state index in [9.17, 15) is 14.4 Å². The maximum absolute atomic E-state index is 11.0. The van der Waals surface area contributed by atoms with Gasteiger partial charge >= 0.3 is 17.9 Å². The van der Waals surface area contributed by atoms with Gasteiger partial charge in [-0.05, 0) is 12.1 Å². The van der Waals surface area contributed by atoms with Gasteiger partial charge in [-0.25, -0.2) is 4.79 Å². The number of carbonyl (C=O) groups excluding carboxylic acids is 2. The summed E-state index contributed by atoms with van der Waals surface area (Å²) in [4.78, 5) is 32.5. The molecule has 0 aliphatic rings. The molecule has 0 unspecified atom stereocenters. The van der Waals surface area contributed by atoms with Crippen molar-refractivity contribution in [2.45, 2.75) is 13.8 Å². The third-order valence-electron chi connectivity index (χ3n) is 1.91. The van der Waals surface area contributed by atoms with Gasteiger partial charge < -0.3 is 14.6 Å². The zero-order chi connectivity index (χ0) is 14.4. The summed E-state index contributed by atoms with van der Waals surface area (Å²) in [6, 6.07) is 4.52. The predicted molar refractivity (Wildman–Crippen MR) is 65.7 cm³/mol. The lowest BCUT2D eigenvalue weighted by atomic mass is 10.1. The van der Waals surface area contributed by atoms with E-state index in [0.29, 0.717) is 5.56 Å². The Kier molecular flexibility index (Phi) is 4.82. The average Bonchev–Trinajstić information content (AvgIpc) is 2.28. The van der Waals surface area contributed by atoms with Gasteiger partial charge in [0.05, 0.1) is 0 Å². The SMILES string of the molecule is CC(=O)Oc1cccc(C=CC(=O)O)c1OC(C)=O. The van der Waals surface area contributed by atoms with Crippen LogP contribution in [0, 0.1) is 0 Å². The lowest BCUT2D eigenvalue weighted by Crippen LogP contribution is -2.08. The highest BCUT2D eigenvalue weighted by Gasteiger charge is 2.13. The molecular formula is C13H12O6. The standard InChI is InChI=1S/C13H12O6/c1-8(14)18-11-5-3-4-10(6-7-12(16)17)13(11)19-9(2)15/h3-7H,1-2H3,(H,16,17). The van der Waals surface area contributed by atoms with Crippen LogP contribution in [0.15, 0.2) is 24.3 Å². The van der Waals surface area contributed by atoms with Crippen molar-refractivity contribution in [2.24, 2.45) is 0 Å². The highest BCUT2D eigenvalue weighted by molar-refractivity contribution is 5.87. The van der Waals surface area contributed by atoms with Gasteiger partial charge in [-0.15, -0.1) is 0 Å². The van der Waals surface area contributed by atoms with E-state index in [4.69, 9.17) is 14.6 Å². The molecule has 0 aliphatic heterocycles. The van der Waals surface area contributed by atoms with Gasteiger partial charge in [0.25, 0.3) is 0 Å². The predicted octanol–water partition coefficient (Wildman–Crippen LogP) is 1.64. The van der Waals surface area contributed by atoms with Crippen molar-refractivity contribution in [1.29, 1.82) is 0 Å². The molecule has 19 heavy (non-hydrogen) atoms. The summed E-state index contributed by atoms with van der Waals surface area (Å²) < 4.78 is 9.85. The Bertz CT molecular complexity index is 544. The molecule has 6 nitrogen and oxygen atoms in total. The number of para-hydroxylation sites is 1. The molecule has 0 fully saturated rings. The number of carboxylic acid groups (broad SMARTS) is 1. The molecule has 6 heteroatoms. The van der Waals surface area contributed by atoms with Crippen molar-refractivity contribution in [2.75, 3.05) is 0 Å². The molecular weight excluding hydrogens is 252 g/mol. The summed E-state index contributed by atoms with van der Waals surface area (Å²) in [5.41, 5.74) is 0.316. The quantitative estimate of drug-likeness (QED) is 0.505. The molecule has 1 aromatic carbocycles. The number of rotatable bonds is 4. The Labute approximate surface area is 109 Å². The van der Waals surface area contributed by atoms with Crippen LogP contribution in [0.1, 0.15) is 19.4 Å². The fourth-order valence-corrected chi connectivity index (χ4v) is 1.31. The number of esters is 2. The van der Waals surface area contributed by atoms with Crippen LogP contribution < -0.4 is 9.47 Å². The van der Waals surface area contributed by atoms with Gasteiger partial charge in [0.2, 0.25) is 0 Å². The first-order valence-corrected chi connectivity index (χ1v) is 5.31. The first kappa shape index (κ1) is 14.4.